The van der Waals surface area contributed by atoms with E-state index in [0.717, 1.165) is 17.8 Å². The van der Waals surface area contributed by atoms with Crippen LogP contribution in [0.4, 0.5) is 0 Å². The minimum absolute atomic E-state index is 0.562. The van der Waals surface area contributed by atoms with Crippen molar-refractivity contribution in [1.82, 2.24) is 19.5 Å². The van der Waals surface area contributed by atoms with Gasteiger partial charge in [0.25, 0.3) is 0 Å². The largest absolute Gasteiger partial charge is 0.476 e. The first-order valence-electron chi connectivity index (χ1n) is 6.38. The van der Waals surface area contributed by atoms with Crippen LogP contribution in [0.25, 0.3) is 11.3 Å². The van der Waals surface area contributed by atoms with Crippen LogP contribution in [0.3, 0.4) is 0 Å². The Balaban J connectivity index is 1.59. The Labute approximate surface area is 116 Å². The molecule has 0 amide bonds. The van der Waals surface area contributed by atoms with Gasteiger partial charge >= 0.3 is 0 Å². The molecule has 0 N–H and O–H groups in total. The minimum Gasteiger partial charge on any atom is -0.476 e. The Kier molecular flexibility index (Phi) is 3.68. The Morgan fingerprint density at radius 2 is 2.05 bits per heavy atom. The Morgan fingerprint density at radius 3 is 2.75 bits per heavy atom. The summed E-state index contributed by atoms with van der Waals surface area (Å²) in [4.78, 5) is 12.5. The zero-order chi connectivity index (χ0) is 13.6. The van der Waals surface area contributed by atoms with Gasteiger partial charge < -0.3 is 9.30 Å². The van der Waals surface area contributed by atoms with E-state index in [9.17, 15) is 0 Å². The van der Waals surface area contributed by atoms with Crippen molar-refractivity contribution in [3.05, 3.63) is 61.4 Å². The SMILES string of the molecule is c1ccc(-c2ccc(OCCn3ccnc3)nc2)nc1. The van der Waals surface area contributed by atoms with Crippen molar-refractivity contribution in [2.24, 2.45) is 0 Å². The molecule has 5 nitrogen and oxygen atoms in total. The summed E-state index contributed by atoms with van der Waals surface area (Å²) in [5.74, 6) is 0.616. The average molecular weight is 266 g/mol. The molecule has 0 aliphatic carbocycles. The molecule has 0 bridgehead atoms. The molecule has 3 heterocycles. The van der Waals surface area contributed by atoms with Crippen molar-refractivity contribution in [2.45, 2.75) is 6.54 Å². The molecular formula is C15H14N4O. The second-order valence-electron chi connectivity index (χ2n) is 4.25. The monoisotopic (exact) mass is 266 g/mol. The molecule has 0 fully saturated rings. The molecule has 0 saturated carbocycles. The van der Waals surface area contributed by atoms with Gasteiger partial charge in [-0.3, -0.25) is 4.98 Å². The van der Waals surface area contributed by atoms with E-state index in [1.165, 1.54) is 0 Å². The first-order chi connectivity index (χ1) is 9.92. The summed E-state index contributed by atoms with van der Waals surface area (Å²) in [5.41, 5.74) is 1.89. The molecular weight excluding hydrogens is 252 g/mol. The van der Waals surface area contributed by atoms with Crippen LogP contribution < -0.4 is 4.74 Å². The maximum Gasteiger partial charge on any atom is 0.213 e. The second-order valence-corrected chi connectivity index (χ2v) is 4.25. The lowest BCUT2D eigenvalue weighted by atomic mass is 10.2. The van der Waals surface area contributed by atoms with E-state index < -0.39 is 0 Å². The number of pyridine rings is 2. The highest BCUT2D eigenvalue weighted by atomic mass is 16.5. The molecule has 3 rings (SSSR count). The second kappa shape index (κ2) is 5.97. The van der Waals surface area contributed by atoms with E-state index in [0.29, 0.717) is 12.5 Å². The highest BCUT2D eigenvalue weighted by Gasteiger charge is 2.00. The van der Waals surface area contributed by atoms with Crippen LogP contribution in [0.2, 0.25) is 0 Å². The van der Waals surface area contributed by atoms with Crippen molar-refractivity contribution < 1.29 is 4.74 Å². The van der Waals surface area contributed by atoms with Crippen LogP contribution in [0.15, 0.2) is 61.4 Å². The van der Waals surface area contributed by atoms with Crippen molar-refractivity contribution in [2.75, 3.05) is 6.61 Å². The summed E-state index contributed by atoms with van der Waals surface area (Å²) in [6.45, 7) is 1.32. The third kappa shape index (κ3) is 3.00. The Bertz CT molecular complexity index is 635. The zero-order valence-electron chi connectivity index (χ0n) is 10.9. The summed E-state index contributed by atoms with van der Waals surface area (Å²) >= 11 is 0. The van der Waals surface area contributed by atoms with E-state index in [-0.39, 0.29) is 0 Å². The summed E-state index contributed by atoms with van der Waals surface area (Å²) < 4.78 is 7.55. The molecule has 20 heavy (non-hydrogen) atoms. The van der Waals surface area contributed by atoms with Crippen molar-refractivity contribution >= 4 is 0 Å². The summed E-state index contributed by atoms with van der Waals surface area (Å²) in [7, 11) is 0. The average Bonchev–Trinajstić information content (AvgIpc) is 3.02. The Hall–Kier alpha value is -2.69. The van der Waals surface area contributed by atoms with E-state index in [1.54, 1.807) is 24.9 Å². The number of rotatable bonds is 5. The standard InChI is InChI=1S/C15H14N4O/c1-2-6-17-14(3-1)13-4-5-15(18-11-13)20-10-9-19-8-7-16-12-19/h1-8,11-12H,9-10H2. The quantitative estimate of drug-likeness (QED) is 0.711. The molecule has 0 saturated heterocycles. The highest BCUT2D eigenvalue weighted by Crippen LogP contribution is 2.17. The molecule has 0 aromatic carbocycles. The smallest absolute Gasteiger partial charge is 0.213 e. The summed E-state index contributed by atoms with van der Waals surface area (Å²) in [5, 5.41) is 0. The van der Waals surface area contributed by atoms with Gasteiger partial charge in [0.1, 0.15) is 6.61 Å². The molecule has 0 spiro atoms. The maximum absolute atomic E-state index is 5.59. The van der Waals surface area contributed by atoms with Crippen LogP contribution in [0.5, 0.6) is 5.88 Å². The van der Waals surface area contributed by atoms with Gasteiger partial charge in [-0.25, -0.2) is 9.97 Å². The molecule has 0 unspecified atom stereocenters. The van der Waals surface area contributed by atoms with Gasteiger partial charge in [-0.1, -0.05) is 6.07 Å². The molecule has 0 aliphatic heterocycles. The lowest BCUT2D eigenvalue weighted by Crippen LogP contribution is -2.07. The van der Waals surface area contributed by atoms with Crippen LogP contribution >= 0.6 is 0 Å². The highest BCUT2D eigenvalue weighted by molar-refractivity contribution is 5.57. The Morgan fingerprint density at radius 1 is 1.05 bits per heavy atom. The topological polar surface area (TPSA) is 52.8 Å². The van der Waals surface area contributed by atoms with E-state index >= 15 is 0 Å². The van der Waals surface area contributed by atoms with Gasteiger partial charge in [-0.05, 0) is 18.2 Å². The molecule has 5 heteroatoms. The van der Waals surface area contributed by atoms with Crippen LogP contribution in [-0.2, 0) is 6.54 Å². The van der Waals surface area contributed by atoms with E-state index in [2.05, 4.69) is 15.0 Å². The first-order valence-corrected chi connectivity index (χ1v) is 6.38. The predicted octanol–water partition coefficient (Wildman–Crippen LogP) is 2.42. The lowest BCUT2D eigenvalue weighted by molar-refractivity contribution is 0.287. The predicted molar refractivity (Wildman–Crippen MR) is 75.2 cm³/mol. The number of hydrogen-bond acceptors (Lipinski definition) is 4. The molecule has 0 atom stereocenters. The normalized spacial score (nSPS) is 10.4. The van der Waals surface area contributed by atoms with Gasteiger partial charge in [-0.2, -0.15) is 0 Å². The molecule has 3 aromatic rings. The zero-order valence-corrected chi connectivity index (χ0v) is 10.9. The number of hydrogen-bond donors (Lipinski definition) is 0. The molecule has 0 radical (unpaired) electrons. The molecule has 0 aliphatic rings. The number of aromatic nitrogens is 4. The number of nitrogens with zero attached hydrogens (tertiary/aromatic N) is 4. The van der Waals surface area contributed by atoms with Crippen LogP contribution in [-0.4, -0.2) is 26.1 Å². The molecule has 3 aromatic heterocycles. The van der Waals surface area contributed by atoms with E-state index in [4.69, 9.17) is 4.74 Å². The molecule has 100 valence electrons. The van der Waals surface area contributed by atoms with E-state index in [1.807, 2.05) is 41.1 Å². The summed E-state index contributed by atoms with van der Waals surface area (Å²) in [6.07, 6.45) is 8.96. The third-order valence-electron chi connectivity index (χ3n) is 2.86. The number of ether oxygens (including phenoxy) is 1. The van der Waals surface area contributed by atoms with Gasteiger partial charge in [0.15, 0.2) is 0 Å². The van der Waals surface area contributed by atoms with Gasteiger partial charge in [0.05, 0.1) is 18.6 Å². The van der Waals surface area contributed by atoms with Crippen molar-refractivity contribution in [1.29, 1.82) is 0 Å². The fraction of sp³-hybridized carbons (Fsp3) is 0.133. The minimum atomic E-state index is 0.562. The fourth-order valence-corrected chi connectivity index (χ4v) is 1.83. The van der Waals surface area contributed by atoms with Crippen LogP contribution in [0, 0.1) is 0 Å². The summed E-state index contributed by atoms with van der Waals surface area (Å²) in [6, 6.07) is 9.62. The number of imidazole rings is 1. The third-order valence-corrected chi connectivity index (χ3v) is 2.86. The fourth-order valence-electron chi connectivity index (χ4n) is 1.83. The van der Waals surface area contributed by atoms with Gasteiger partial charge in [0.2, 0.25) is 5.88 Å². The maximum atomic E-state index is 5.59. The lowest BCUT2D eigenvalue weighted by Gasteiger charge is -2.06. The van der Waals surface area contributed by atoms with Crippen molar-refractivity contribution in [3.8, 4) is 17.1 Å². The first kappa shape index (κ1) is 12.3. The van der Waals surface area contributed by atoms with Gasteiger partial charge in [-0.15, -0.1) is 0 Å². The van der Waals surface area contributed by atoms with Crippen molar-refractivity contribution in [3.63, 3.8) is 0 Å². The van der Waals surface area contributed by atoms with Gasteiger partial charge in [0, 0.05) is 36.4 Å². The van der Waals surface area contributed by atoms with Crippen LogP contribution in [0.1, 0.15) is 0 Å².